The summed E-state index contributed by atoms with van der Waals surface area (Å²) in [7, 11) is 0. The Bertz CT molecular complexity index is 531. The molecule has 3 heteroatoms. The summed E-state index contributed by atoms with van der Waals surface area (Å²) in [6.45, 7) is 4.96. The van der Waals surface area contributed by atoms with Crippen LogP contribution in [0, 0.1) is 5.92 Å². The van der Waals surface area contributed by atoms with E-state index in [1.807, 2.05) is 6.07 Å². The topological polar surface area (TPSA) is 39.2 Å². The highest BCUT2D eigenvalue weighted by atomic mass is 16.5. The Kier molecular flexibility index (Phi) is 2.78. The van der Waals surface area contributed by atoms with Crippen molar-refractivity contribution in [1.29, 1.82) is 0 Å². The lowest BCUT2D eigenvalue weighted by Gasteiger charge is -2.33. The van der Waals surface area contributed by atoms with E-state index in [4.69, 9.17) is 4.74 Å². The number of pyridine rings is 1. The second-order valence-electron chi connectivity index (χ2n) is 5.40. The van der Waals surface area contributed by atoms with Gasteiger partial charge in [0.15, 0.2) is 5.78 Å². The molecule has 1 aliphatic heterocycles. The highest BCUT2D eigenvalue weighted by molar-refractivity contribution is 6.05. The summed E-state index contributed by atoms with van der Waals surface area (Å²) < 4.78 is 5.91. The van der Waals surface area contributed by atoms with Crippen LogP contribution in [0.4, 0.5) is 0 Å². The van der Waals surface area contributed by atoms with E-state index in [0.29, 0.717) is 18.9 Å². The lowest BCUT2D eigenvalue weighted by molar-refractivity contribution is 0.0350. The van der Waals surface area contributed by atoms with Gasteiger partial charge in [-0.05, 0) is 29.5 Å². The minimum absolute atomic E-state index is 0.196. The zero-order valence-corrected chi connectivity index (χ0v) is 10.8. The average Bonchev–Trinajstić information content (AvgIpc) is 2.38. The van der Waals surface area contributed by atoms with Crippen LogP contribution in [-0.2, 0) is 4.74 Å². The number of Topliss-reactive ketones (excluding diaryl/α,β-unsaturated/α-hetero) is 1. The summed E-state index contributed by atoms with van der Waals surface area (Å²) in [5.41, 5.74) is 4.26. The van der Waals surface area contributed by atoms with Gasteiger partial charge in [0.05, 0.1) is 12.7 Å². The smallest absolute Gasteiger partial charge is 0.169 e. The third-order valence-corrected chi connectivity index (χ3v) is 3.88. The van der Waals surface area contributed by atoms with Gasteiger partial charge in [0.1, 0.15) is 0 Å². The van der Waals surface area contributed by atoms with Crippen molar-refractivity contribution in [2.75, 3.05) is 6.61 Å². The molecule has 0 saturated heterocycles. The van der Waals surface area contributed by atoms with Crippen molar-refractivity contribution in [3.05, 3.63) is 35.2 Å². The van der Waals surface area contributed by atoms with Gasteiger partial charge in [-0.15, -0.1) is 0 Å². The molecule has 0 bridgehead atoms. The number of ketones is 1. The molecule has 2 aliphatic rings. The molecule has 1 atom stereocenters. The Morgan fingerprint density at radius 3 is 3.00 bits per heavy atom. The summed E-state index contributed by atoms with van der Waals surface area (Å²) in [4.78, 5) is 16.1. The molecule has 18 heavy (non-hydrogen) atoms. The molecule has 0 amide bonds. The van der Waals surface area contributed by atoms with Gasteiger partial charge in [-0.3, -0.25) is 9.78 Å². The number of rotatable bonds is 1. The fourth-order valence-electron chi connectivity index (χ4n) is 2.76. The molecule has 1 unspecified atom stereocenters. The number of nitrogens with zero attached hydrogens (tertiary/aromatic N) is 1. The number of hydrogen-bond acceptors (Lipinski definition) is 3. The first-order valence-electron chi connectivity index (χ1n) is 6.47. The summed E-state index contributed by atoms with van der Waals surface area (Å²) in [5.74, 6) is 0.689. The van der Waals surface area contributed by atoms with E-state index in [9.17, 15) is 4.79 Å². The summed E-state index contributed by atoms with van der Waals surface area (Å²) in [6.07, 6.45) is 5.10. The van der Waals surface area contributed by atoms with Crippen LogP contribution in [0.25, 0.3) is 5.57 Å². The Labute approximate surface area is 107 Å². The van der Waals surface area contributed by atoms with Gasteiger partial charge < -0.3 is 4.74 Å². The monoisotopic (exact) mass is 243 g/mol. The van der Waals surface area contributed by atoms with Gasteiger partial charge in [0, 0.05) is 24.4 Å². The van der Waals surface area contributed by atoms with Crippen molar-refractivity contribution in [1.82, 2.24) is 4.98 Å². The van der Waals surface area contributed by atoms with Crippen LogP contribution in [-0.4, -0.2) is 23.5 Å². The number of fused-ring (bicyclic) bond motifs is 2. The fourth-order valence-corrected chi connectivity index (χ4v) is 2.76. The third-order valence-electron chi connectivity index (χ3n) is 3.88. The molecule has 0 radical (unpaired) electrons. The predicted octanol–water partition coefficient (Wildman–Crippen LogP) is 2.87. The maximum Gasteiger partial charge on any atom is 0.169 e. The van der Waals surface area contributed by atoms with Crippen LogP contribution in [0.1, 0.15) is 42.6 Å². The van der Waals surface area contributed by atoms with Gasteiger partial charge in [0.25, 0.3) is 0 Å². The van der Waals surface area contributed by atoms with Crippen molar-refractivity contribution in [2.24, 2.45) is 5.92 Å². The highest BCUT2D eigenvalue weighted by Crippen LogP contribution is 2.37. The Hall–Kier alpha value is -1.48. The molecule has 0 aromatic carbocycles. The van der Waals surface area contributed by atoms with E-state index >= 15 is 0 Å². The number of ether oxygens (including phenoxy) is 1. The standard InChI is InChI=1S/C15H17NO2/c1-9(2)15-6-10-5-14(17)12-7-16-4-3-11(12)13(10)8-18-15/h3-4,7,9,15H,5-6,8H2,1-2H3. The van der Waals surface area contributed by atoms with Crippen LogP contribution in [0.15, 0.2) is 24.0 Å². The van der Waals surface area contributed by atoms with Crippen molar-refractivity contribution in [2.45, 2.75) is 32.8 Å². The van der Waals surface area contributed by atoms with E-state index < -0.39 is 0 Å². The van der Waals surface area contributed by atoms with E-state index in [0.717, 1.165) is 17.5 Å². The molecule has 0 spiro atoms. The van der Waals surface area contributed by atoms with Gasteiger partial charge in [-0.25, -0.2) is 0 Å². The quantitative estimate of drug-likeness (QED) is 0.761. The van der Waals surface area contributed by atoms with Gasteiger partial charge in [-0.1, -0.05) is 19.4 Å². The van der Waals surface area contributed by atoms with Crippen LogP contribution in [0.3, 0.4) is 0 Å². The Balaban J connectivity index is 2.02. The normalized spacial score (nSPS) is 23.1. The lowest BCUT2D eigenvalue weighted by atomic mass is 9.81. The van der Waals surface area contributed by atoms with Crippen LogP contribution < -0.4 is 0 Å². The van der Waals surface area contributed by atoms with E-state index in [1.54, 1.807) is 12.4 Å². The zero-order valence-electron chi connectivity index (χ0n) is 10.8. The SMILES string of the molecule is CC(C)C1CC2=C(CO1)c1ccncc1C(=O)C2. The second kappa shape index (κ2) is 4.32. The molecular formula is C15H17NO2. The molecule has 1 aromatic heterocycles. The van der Waals surface area contributed by atoms with Crippen molar-refractivity contribution in [3.63, 3.8) is 0 Å². The molecule has 1 aliphatic carbocycles. The number of carbonyl (C=O) groups is 1. The number of hydrogen-bond donors (Lipinski definition) is 0. The minimum atomic E-state index is 0.196. The molecule has 94 valence electrons. The van der Waals surface area contributed by atoms with Gasteiger partial charge in [0.2, 0.25) is 0 Å². The highest BCUT2D eigenvalue weighted by Gasteiger charge is 2.31. The maximum absolute atomic E-state index is 12.1. The first-order valence-corrected chi connectivity index (χ1v) is 6.47. The summed E-state index contributed by atoms with van der Waals surface area (Å²) >= 11 is 0. The van der Waals surface area contributed by atoms with Crippen molar-refractivity contribution >= 4 is 11.4 Å². The molecule has 0 N–H and O–H groups in total. The van der Waals surface area contributed by atoms with Gasteiger partial charge in [-0.2, -0.15) is 0 Å². The largest absolute Gasteiger partial charge is 0.373 e. The molecule has 3 nitrogen and oxygen atoms in total. The Morgan fingerprint density at radius 2 is 2.22 bits per heavy atom. The number of aromatic nitrogens is 1. The minimum Gasteiger partial charge on any atom is -0.373 e. The fraction of sp³-hybridized carbons (Fsp3) is 0.467. The van der Waals surface area contributed by atoms with Crippen LogP contribution >= 0.6 is 0 Å². The summed E-state index contributed by atoms with van der Waals surface area (Å²) in [5, 5.41) is 0. The molecule has 0 saturated carbocycles. The van der Waals surface area contributed by atoms with Crippen LogP contribution in [0.5, 0.6) is 0 Å². The molecule has 1 aromatic rings. The lowest BCUT2D eigenvalue weighted by Crippen LogP contribution is -2.29. The van der Waals surface area contributed by atoms with E-state index in [1.165, 1.54) is 11.1 Å². The molecule has 2 heterocycles. The molecule has 0 fully saturated rings. The van der Waals surface area contributed by atoms with E-state index in [2.05, 4.69) is 18.8 Å². The van der Waals surface area contributed by atoms with Crippen molar-refractivity contribution < 1.29 is 9.53 Å². The van der Waals surface area contributed by atoms with Crippen LogP contribution in [0.2, 0.25) is 0 Å². The number of carbonyl (C=O) groups excluding carboxylic acids is 1. The third kappa shape index (κ3) is 1.79. The zero-order chi connectivity index (χ0) is 12.7. The second-order valence-corrected chi connectivity index (χ2v) is 5.40. The maximum atomic E-state index is 12.1. The Morgan fingerprint density at radius 1 is 1.39 bits per heavy atom. The van der Waals surface area contributed by atoms with E-state index in [-0.39, 0.29) is 11.9 Å². The average molecular weight is 243 g/mol. The van der Waals surface area contributed by atoms with Gasteiger partial charge >= 0.3 is 0 Å². The summed E-state index contributed by atoms with van der Waals surface area (Å²) in [6, 6.07) is 1.93. The first-order chi connectivity index (χ1) is 8.66. The predicted molar refractivity (Wildman–Crippen MR) is 69.3 cm³/mol. The molecule has 3 rings (SSSR count). The first kappa shape index (κ1) is 11.6. The molecular weight excluding hydrogens is 226 g/mol. The van der Waals surface area contributed by atoms with Crippen molar-refractivity contribution in [3.8, 4) is 0 Å².